The van der Waals surface area contributed by atoms with E-state index >= 15 is 0 Å². The number of carbonyl (C=O) groups excluding carboxylic acids is 1. The van der Waals surface area contributed by atoms with Gasteiger partial charge >= 0.3 is 0 Å². The first-order valence-corrected chi connectivity index (χ1v) is 11.1. The highest BCUT2D eigenvalue weighted by Gasteiger charge is 2.11. The summed E-state index contributed by atoms with van der Waals surface area (Å²) in [7, 11) is 3.13. The Balaban J connectivity index is 1.45. The lowest BCUT2D eigenvalue weighted by Crippen LogP contribution is -2.14. The van der Waals surface area contributed by atoms with Gasteiger partial charge in [0.15, 0.2) is 4.34 Å². The minimum atomic E-state index is -0.143. The molecule has 0 radical (unpaired) electrons. The van der Waals surface area contributed by atoms with E-state index in [1.165, 1.54) is 28.0 Å². The number of benzene rings is 1. The molecule has 0 bridgehead atoms. The van der Waals surface area contributed by atoms with E-state index in [0.717, 1.165) is 22.4 Å². The highest BCUT2D eigenvalue weighted by molar-refractivity contribution is 8.01. The van der Waals surface area contributed by atoms with E-state index in [-0.39, 0.29) is 11.7 Å². The molecule has 148 valence electrons. The van der Waals surface area contributed by atoms with Crippen molar-refractivity contribution < 1.29 is 14.3 Å². The zero-order chi connectivity index (χ0) is 19.8. The van der Waals surface area contributed by atoms with Gasteiger partial charge in [-0.05, 0) is 30.0 Å². The normalized spacial score (nSPS) is 10.5. The fourth-order valence-corrected chi connectivity index (χ4v) is 4.59. The number of carbonyl (C=O) groups is 1. The molecule has 3 aromatic rings. The summed E-state index contributed by atoms with van der Waals surface area (Å²) in [6.07, 6.45) is 0.950. The molecule has 2 heterocycles. The largest absolute Gasteiger partial charge is 0.497 e. The van der Waals surface area contributed by atoms with Crippen molar-refractivity contribution in [1.29, 1.82) is 0 Å². The number of rotatable bonds is 10. The van der Waals surface area contributed by atoms with Crippen molar-refractivity contribution in [2.75, 3.05) is 37.2 Å². The lowest BCUT2D eigenvalue weighted by molar-refractivity contribution is -0.113. The van der Waals surface area contributed by atoms with Gasteiger partial charge in [-0.25, -0.2) is 0 Å². The van der Waals surface area contributed by atoms with E-state index in [2.05, 4.69) is 32.3 Å². The summed E-state index contributed by atoms with van der Waals surface area (Å²) in [6, 6.07) is 9.41. The molecule has 3 rings (SSSR count). The topological polar surface area (TPSA) is 85.4 Å². The number of amides is 1. The lowest BCUT2D eigenvalue weighted by Gasteiger charge is -2.11. The Bertz CT molecular complexity index is 899. The average Bonchev–Trinajstić information content (AvgIpc) is 3.39. The van der Waals surface area contributed by atoms with Crippen molar-refractivity contribution in [3.05, 3.63) is 40.6 Å². The molecular formula is C18H20N4O3S3. The van der Waals surface area contributed by atoms with Gasteiger partial charge in [0, 0.05) is 17.5 Å². The Hall–Kier alpha value is -2.30. The third-order valence-corrected chi connectivity index (χ3v) is 6.59. The van der Waals surface area contributed by atoms with E-state index in [9.17, 15) is 4.79 Å². The predicted octanol–water partition coefficient (Wildman–Crippen LogP) is 4.00. The summed E-state index contributed by atoms with van der Waals surface area (Å²) in [6.45, 7) is 0.803. The summed E-state index contributed by atoms with van der Waals surface area (Å²) >= 11 is 4.54. The van der Waals surface area contributed by atoms with Crippen LogP contribution in [0.25, 0.3) is 0 Å². The van der Waals surface area contributed by atoms with Crippen LogP contribution >= 0.6 is 34.4 Å². The summed E-state index contributed by atoms with van der Waals surface area (Å²) in [4.78, 5) is 13.6. The maximum atomic E-state index is 12.2. The smallest absolute Gasteiger partial charge is 0.234 e. The van der Waals surface area contributed by atoms with Gasteiger partial charge in [-0.15, -0.1) is 21.5 Å². The SMILES string of the molecule is COc1ccc(NC(=O)CSc2nnc(NCCc3cccs3)s2)c(OC)c1. The number of ether oxygens (including phenoxy) is 2. The highest BCUT2D eigenvalue weighted by atomic mass is 32.2. The van der Waals surface area contributed by atoms with Gasteiger partial charge in [0.2, 0.25) is 11.0 Å². The molecule has 7 nitrogen and oxygen atoms in total. The molecular weight excluding hydrogens is 416 g/mol. The number of anilines is 2. The van der Waals surface area contributed by atoms with E-state index in [1.54, 1.807) is 43.8 Å². The maximum absolute atomic E-state index is 12.2. The molecule has 0 unspecified atom stereocenters. The van der Waals surface area contributed by atoms with Gasteiger partial charge in [0.1, 0.15) is 11.5 Å². The standard InChI is InChI=1S/C18H20N4O3S3/c1-24-12-5-6-14(15(10-12)25-2)20-16(23)11-27-18-22-21-17(28-18)19-8-7-13-4-3-9-26-13/h3-6,9-10H,7-8,11H2,1-2H3,(H,19,21)(H,20,23). The van der Waals surface area contributed by atoms with Gasteiger partial charge in [0.05, 0.1) is 25.7 Å². The fraction of sp³-hybridized carbons (Fsp3) is 0.278. The van der Waals surface area contributed by atoms with Gasteiger partial charge in [-0.1, -0.05) is 29.2 Å². The Kier molecular flexibility index (Phi) is 7.52. The number of hydrogen-bond acceptors (Lipinski definition) is 9. The summed E-state index contributed by atoms with van der Waals surface area (Å²) in [5.74, 6) is 1.30. The maximum Gasteiger partial charge on any atom is 0.234 e. The second-order valence-corrected chi connectivity index (χ2v) is 8.76. The van der Waals surface area contributed by atoms with Crippen LogP contribution in [0.4, 0.5) is 10.8 Å². The number of nitrogens with zero attached hydrogens (tertiary/aromatic N) is 2. The first kappa shape index (κ1) is 20.4. The third-order valence-electron chi connectivity index (χ3n) is 3.64. The zero-order valence-electron chi connectivity index (χ0n) is 15.4. The first-order valence-electron chi connectivity index (χ1n) is 8.42. The molecule has 0 aliphatic rings. The Morgan fingerprint density at radius 3 is 2.86 bits per heavy atom. The molecule has 1 aromatic carbocycles. The number of hydrogen-bond donors (Lipinski definition) is 2. The first-order chi connectivity index (χ1) is 13.7. The van der Waals surface area contributed by atoms with Crippen LogP contribution in [0, 0.1) is 0 Å². The minimum absolute atomic E-state index is 0.143. The quantitative estimate of drug-likeness (QED) is 0.465. The van der Waals surface area contributed by atoms with Crippen molar-refractivity contribution in [2.24, 2.45) is 0 Å². The van der Waals surface area contributed by atoms with Crippen LogP contribution in [0.5, 0.6) is 11.5 Å². The zero-order valence-corrected chi connectivity index (χ0v) is 17.9. The lowest BCUT2D eigenvalue weighted by atomic mass is 10.2. The van der Waals surface area contributed by atoms with Crippen molar-refractivity contribution in [3.63, 3.8) is 0 Å². The van der Waals surface area contributed by atoms with Crippen molar-refractivity contribution in [2.45, 2.75) is 10.8 Å². The molecule has 0 aliphatic heterocycles. The van der Waals surface area contributed by atoms with Crippen LogP contribution in [0.15, 0.2) is 40.1 Å². The van der Waals surface area contributed by atoms with Crippen LogP contribution < -0.4 is 20.1 Å². The van der Waals surface area contributed by atoms with Gasteiger partial charge < -0.3 is 20.1 Å². The van der Waals surface area contributed by atoms with Crippen LogP contribution in [0.1, 0.15) is 4.88 Å². The molecule has 0 saturated heterocycles. The number of methoxy groups -OCH3 is 2. The average molecular weight is 437 g/mol. The number of nitrogens with one attached hydrogen (secondary N) is 2. The summed E-state index contributed by atoms with van der Waals surface area (Å²) in [5.41, 5.74) is 0.599. The number of thioether (sulfide) groups is 1. The third kappa shape index (κ3) is 5.85. The van der Waals surface area contributed by atoms with Crippen LogP contribution in [-0.4, -0.2) is 42.6 Å². The van der Waals surface area contributed by atoms with Gasteiger partial charge in [0.25, 0.3) is 0 Å². The molecule has 1 amide bonds. The molecule has 28 heavy (non-hydrogen) atoms. The minimum Gasteiger partial charge on any atom is -0.497 e. The van der Waals surface area contributed by atoms with Crippen LogP contribution in [0.2, 0.25) is 0 Å². The van der Waals surface area contributed by atoms with Crippen molar-refractivity contribution >= 4 is 51.2 Å². The molecule has 0 saturated carbocycles. The summed E-state index contributed by atoms with van der Waals surface area (Å²) < 4.78 is 11.2. The van der Waals surface area contributed by atoms with Crippen molar-refractivity contribution in [1.82, 2.24) is 10.2 Å². The Morgan fingerprint density at radius 1 is 1.21 bits per heavy atom. The highest BCUT2D eigenvalue weighted by Crippen LogP contribution is 2.30. The number of thiophene rings is 1. The molecule has 0 aliphatic carbocycles. The van der Waals surface area contributed by atoms with Gasteiger partial charge in [-0.3, -0.25) is 4.79 Å². The van der Waals surface area contributed by atoms with E-state index < -0.39 is 0 Å². The Morgan fingerprint density at radius 2 is 2.11 bits per heavy atom. The molecule has 0 fully saturated rings. The molecule has 2 N–H and O–H groups in total. The molecule has 0 spiro atoms. The molecule has 0 atom stereocenters. The molecule has 10 heteroatoms. The molecule has 2 aromatic heterocycles. The fourth-order valence-electron chi connectivity index (χ4n) is 2.30. The van der Waals surface area contributed by atoms with Gasteiger partial charge in [-0.2, -0.15) is 0 Å². The summed E-state index contributed by atoms with van der Waals surface area (Å²) in [5, 5.41) is 17.2. The van der Waals surface area contributed by atoms with Crippen molar-refractivity contribution in [3.8, 4) is 11.5 Å². The predicted molar refractivity (Wildman–Crippen MR) is 115 cm³/mol. The second-order valence-electron chi connectivity index (χ2n) is 5.53. The monoisotopic (exact) mass is 436 g/mol. The van der Waals surface area contributed by atoms with Crippen LogP contribution in [0.3, 0.4) is 0 Å². The number of aromatic nitrogens is 2. The van der Waals surface area contributed by atoms with Crippen LogP contribution in [-0.2, 0) is 11.2 Å². The van der Waals surface area contributed by atoms with E-state index in [0.29, 0.717) is 17.2 Å². The second kappa shape index (κ2) is 10.3. The van der Waals surface area contributed by atoms with E-state index in [4.69, 9.17) is 9.47 Å². The Labute approximate surface area is 175 Å². The van der Waals surface area contributed by atoms with E-state index in [1.807, 2.05) is 6.07 Å².